The molecule has 9 nitrogen and oxygen atoms in total. The number of likely N-dealkylation sites (N-methyl/N-ethyl adjacent to an activating group) is 1. The number of aromatic nitrogens is 1. The van der Waals surface area contributed by atoms with Gasteiger partial charge in [-0.2, -0.15) is 5.26 Å². The lowest BCUT2D eigenvalue weighted by Gasteiger charge is -2.20. The second-order valence-corrected chi connectivity index (χ2v) is 7.56. The topological polar surface area (TPSA) is 124 Å². The summed E-state index contributed by atoms with van der Waals surface area (Å²) < 4.78 is 0. The highest BCUT2D eigenvalue weighted by atomic mass is 35.5. The zero-order chi connectivity index (χ0) is 20.3. The number of anilines is 2. The third-order valence-corrected chi connectivity index (χ3v) is 5.38. The van der Waals surface area contributed by atoms with Crippen molar-refractivity contribution in [1.29, 1.82) is 5.26 Å². The van der Waals surface area contributed by atoms with Crippen LogP contribution in [0.25, 0.3) is 0 Å². The van der Waals surface area contributed by atoms with Crippen LogP contribution in [-0.4, -0.2) is 34.3 Å². The molecule has 0 saturated carbocycles. The summed E-state index contributed by atoms with van der Waals surface area (Å²) in [6.45, 7) is 1.75. The molecule has 0 atom stereocenters. The minimum absolute atomic E-state index is 0.0507. The molecule has 1 amide bonds. The van der Waals surface area contributed by atoms with Gasteiger partial charge in [-0.15, -0.1) is 11.3 Å². The third kappa shape index (κ3) is 4.45. The summed E-state index contributed by atoms with van der Waals surface area (Å²) >= 11 is 7.44. The van der Waals surface area contributed by atoms with Gasteiger partial charge < -0.3 is 15.5 Å². The number of thiazole rings is 1. The summed E-state index contributed by atoms with van der Waals surface area (Å²) in [5.41, 5.74) is 0.631. The number of non-ortho nitro benzene ring substituents is 1. The van der Waals surface area contributed by atoms with E-state index in [9.17, 15) is 20.2 Å². The number of nitrogens with one attached hydrogen (secondary N) is 2. The summed E-state index contributed by atoms with van der Waals surface area (Å²) in [5.74, 6) is -0.738. The standard InChI is InChI=1S/C17H15ClN6O3S/c1-23-5-4-13-15(9-23)28-17(22-13)20-8-10(7-19)16(25)21-14-6-11(24(26)27)2-3-12(14)18/h2-3,6,8H,4-5,9H2,1H3,(H,20,22)(H,21,25)/b10-8-. The van der Waals surface area contributed by atoms with Crippen LogP contribution in [0.5, 0.6) is 0 Å². The maximum absolute atomic E-state index is 12.3. The number of nitrogens with zero attached hydrogens (tertiary/aromatic N) is 4. The predicted octanol–water partition coefficient (Wildman–Crippen LogP) is 3.15. The van der Waals surface area contributed by atoms with E-state index in [1.165, 1.54) is 29.7 Å². The molecule has 0 radical (unpaired) electrons. The van der Waals surface area contributed by atoms with E-state index in [0.29, 0.717) is 5.13 Å². The molecule has 0 saturated heterocycles. The van der Waals surface area contributed by atoms with Gasteiger partial charge in [-0.1, -0.05) is 11.6 Å². The molecule has 144 valence electrons. The van der Waals surface area contributed by atoms with E-state index in [2.05, 4.69) is 20.5 Å². The van der Waals surface area contributed by atoms with Crippen molar-refractivity contribution in [2.45, 2.75) is 13.0 Å². The average Bonchev–Trinajstić information content (AvgIpc) is 3.05. The number of nitro benzene ring substituents is 1. The highest BCUT2D eigenvalue weighted by molar-refractivity contribution is 7.15. The number of hydrogen-bond donors (Lipinski definition) is 2. The number of rotatable bonds is 5. The lowest BCUT2D eigenvalue weighted by Crippen LogP contribution is -2.25. The maximum Gasteiger partial charge on any atom is 0.271 e. The van der Waals surface area contributed by atoms with Crippen molar-refractivity contribution in [1.82, 2.24) is 9.88 Å². The molecule has 0 unspecified atom stereocenters. The van der Waals surface area contributed by atoms with Crippen LogP contribution in [0.15, 0.2) is 30.0 Å². The number of nitriles is 1. The lowest BCUT2D eigenvalue weighted by molar-refractivity contribution is -0.384. The van der Waals surface area contributed by atoms with Gasteiger partial charge in [-0.3, -0.25) is 14.9 Å². The molecule has 11 heteroatoms. The number of fused-ring (bicyclic) bond motifs is 1. The van der Waals surface area contributed by atoms with Crippen LogP contribution >= 0.6 is 22.9 Å². The van der Waals surface area contributed by atoms with Gasteiger partial charge in [0.2, 0.25) is 0 Å². The molecule has 1 aliphatic heterocycles. The van der Waals surface area contributed by atoms with Gasteiger partial charge in [0.15, 0.2) is 5.13 Å². The molecule has 3 rings (SSSR count). The predicted molar refractivity (Wildman–Crippen MR) is 106 cm³/mol. The van der Waals surface area contributed by atoms with E-state index in [-0.39, 0.29) is 22.0 Å². The van der Waals surface area contributed by atoms with Crippen LogP contribution in [0.4, 0.5) is 16.5 Å². The van der Waals surface area contributed by atoms with Gasteiger partial charge in [-0.25, -0.2) is 4.98 Å². The molecular weight excluding hydrogens is 404 g/mol. The van der Waals surface area contributed by atoms with Crippen LogP contribution in [0.2, 0.25) is 5.02 Å². The normalized spacial score (nSPS) is 14.1. The van der Waals surface area contributed by atoms with E-state index in [1.807, 2.05) is 7.05 Å². The molecule has 1 aliphatic rings. The molecular formula is C17H15ClN6O3S. The molecule has 0 bridgehead atoms. The number of amides is 1. The van der Waals surface area contributed by atoms with Crippen molar-refractivity contribution in [3.8, 4) is 6.07 Å². The molecule has 1 aromatic heterocycles. The third-order valence-electron chi connectivity index (χ3n) is 4.04. The summed E-state index contributed by atoms with van der Waals surface area (Å²) in [4.78, 5) is 30.4. The first-order valence-electron chi connectivity index (χ1n) is 8.16. The number of nitro groups is 1. The lowest BCUT2D eigenvalue weighted by atomic mass is 10.2. The van der Waals surface area contributed by atoms with Crippen molar-refractivity contribution < 1.29 is 9.72 Å². The quantitative estimate of drug-likeness (QED) is 0.330. The van der Waals surface area contributed by atoms with Gasteiger partial charge in [0, 0.05) is 42.7 Å². The number of carbonyl (C=O) groups is 1. The van der Waals surface area contributed by atoms with E-state index in [4.69, 9.17) is 11.6 Å². The summed E-state index contributed by atoms with van der Waals surface area (Å²) in [7, 11) is 2.03. The Morgan fingerprint density at radius 2 is 2.32 bits per heavy atom. The Balaban J connectivity index is 1.73. The van der Waals surface area contributed by atoms with Crippen LogP contribution in [-0.2, 0) is 17.8 Å². The minimum atomic E-state index is -0.738. The fourth-order valence-corrected chi connectivity index (χ4v) is 3.80. The highest BCUT2D eigenvalue weighted by Gasteiger charge is 2.19. The first-order chi connectivity index (χ1) is 13.4. The first-order valence-corrected chi connectivity index (χ1v) is 9.36. The fraction of sp³-hybridized carbons (Fsp3) is 0.235. The van der Waals surface area contributed by atoms with Crippen molar-refractivity contribution in [3.63, 3.8) is 0 Å². The second kappa shape index (κ2) is 8.35. The second-order valence-electron chi connectivity index (χ2n) is 6.07. The van der Waals surface area contributed by atoms with E-state index >= 15 is 0 Å². The van der Waals surface area contributed by atoms with Crippen LogP contribution < -0.4 is 10.6 Å². The smallest absolute Gasteiger partial charge is 0.271 e. The van der Waals surface area contributed by atoms with Gasteiger partial charge >= 0.3 is 0 Å². The first kappa shape index (κ1) is 19.8. The zero-order valence-corrected chi connectivity index (χ0v) is 16.3. The Morgan fingerprint density at radius 3 is 3.04 bits per heavy atom. The molecule has 1 aromatic carbocycles. The zero-order valence-electron chi connectivity index (χ0n) is 14.7. The fourth-order valence-electron chi connectivity index (χ4n) is 2.58. The van der Waals surface area contributed by atoms with Crippen LogP contribution in [0.1, 0.15) is 10.6 Å². The molecule has 0 fully saturated rings. The largest absolute Gasteiger partial charge is 0.337 e. The van der Waals surface area contributed by atoms with Crippen LogP contribution in [0, 0.1) is 21.4 Å². The summed E-state index contributed by atoms with van der Waals surface area (Å²) in [5, 5.41) is 26.2. The number of hydrogen-bond acceptors (Lipinski definition) is 8. The summed E-state index contributed by atoms with van der Waals surface area (Å²) in [6, 6.07) is 5.46. The Kier molecular flexibility index (Phi) is 5.89. The Labute approximate surface area is 169 Å². The van der Waals surface area contributed by atoms with E-state index in [1.54, 1.807) is 6.07 Å². The van der Waals surface area contributed by atoms with Gasteiger partial charge in [-0.05, 0) is 13.1 Å². The number of carbonyl (C=O) groups excluding carboxylic acids is 1. The molecule has 2 aromatic rings. The van der Waals surface area contributed by atoms with E-state index in [0.717, 1.165) is 36.1 Å². The van der Waals surface area contributed by atoms with Crippen LogP contribution in [0.3, 0.4) is 0 Å². The Bertz CT molecular complexity index is 1010. The Morgan fingerprint density at radius 1 is 1.54 bits per heavy atom. The SMILES string of the molecule is CN1CCc2nc(N/C=C(/C#N)C(=O)Nc3cc([N+](=O)[O-])ccc3Cl)sc2C1. The minimum Gasteiger partial charge on any atom is -0.337 e. The summed E-state index contributed by atoms with van der Waals surface area (Å²) in [6.07, 6.45) is 2.11. The van der Waals surface area contributed by atoms with Crippen molar-refractivity contribution in [2.75, 3.05) is 24.2 Å². The molecule has 0 spiro atoms. The highest BCUT2D eigenvalue weighted by Crippen LogP contribution is 2.28. The Hall–Kier alpha value is -3.00. The molecule has 2 heterocycles. The van der Waals surface area contributed by atoms with Crippen molar-refractivity contribution in [2.24, 2.45) is 0 Å². The van der Waals surface area contributed by atoms with Gasteiger partial charge in [0.25, 0.3) is 11.6 Å². The molecule has 2 N–H and O–H groups in total. The van der Waals surface area contributed by atoms with Crippen molar-refractivity contribution in [3.05, 3.63) is 55.7 Å². The molecule has 0 aliphatic carbocycles. The average molecular weight is 419 g/mol. The van der Waals surface area contributed by atoms with Gasteiger partial charge in [0.05, 0.1) is 21.3 Å². The van der Waals surface area contributed by atoms with E-state index < -0.39 is 10.8 Å². The van der Waals surface area contributed by atoms with Gasteiger partial charge in [0.1, 0.15) is 11.6 Å². The number of halogens is 1. The van der Waals surface area contributed by atoms with Crippen molar-refractivity contribution >= 4 is 45.4 Å². The monoisotopic (exact) mass is 418 g/mol. The maximum atomic E-state index is 12.3. The molecule has 28 heavy (non-hydrogen) atoms. The number of benzene rings is 1.